The highest BCUT2D eigenvalue weighted by Crippen LogP contribution is 2.52. The maximum absolute atomic E-state index is 14.2. The summed E-state index contributed by atoms with van der Waals surface area (Å²) in [5.41, 5.74) is 3.80. The Morgan fingerprint density at radius 3 is 2.08 bits per heavy atom. The number of ether oxygens (including phenoxy) is 2. The van der Waals surface area contributed by atoms with Crippen LogP contribution in [0, 0.1) is 16.6 Å². The molecule has 0 radical (unpaired) electrons. The zero-order chi connectivity index (χ0) is 28.1. The first-order valence-electron chi connectivity index (χ1n) is 13.5. The number of hydrogen-bond acceptors (Lipinski definition) is 5. The molecule has 2 aromatic rings. The van der Waals surface area contributed by atoms with Crippen molar-refractivity contribution in [2.75, 3.05) is 6.61 Å². The van der Waals surface area contributed by atoms with Crippen LogP contribution in [0.15, 0.2) is 58.9 Å². The van der Waals surface area contributed by atoms with Crippen LogP contribution in [0.4, 0.5) is 4.39 Å². The van der Waals surface area contributed by atoms with Gasteiger partial charge in [0.1, 0.15) is 12.4 Å². The van der Waals surface area contributed by atoms with Crippen LogP contribution in [-0.4, -0.2) is 18.2 Å². The summed E-state index contributed by atoms with van der Waals surface area (Å²) >= 11 is 6.79. The molecule has 2 aliphatic carbocycles. The zero-order valence-corrected chi connectivity index (χ0v) is 23.9. The van der Waals surface area contributed by atoms with Gasteiger partial charge in [0, 0.05) is 46.9 Å². The molecule has 206 valence electrons. The van der Waals surface area contributed by atoms with E-state index in [1.807, 2.05) is 13.0 Å². The van der Waals surface area contributed by atoms with Gasteiger partial charge in [-0.2, -0.15) is 0 Å². The Morgan fingerprint density at radius 2 is 1.51 bits per heavy atom. The first-order chi connectivity index (χ1) is 18.4. The number of allylic oxidation sites excluding steroid dienone is 4. The van der Waals surface area contributed by atoms with Crippen LogP contribution in [0.25, 0.3) is 0 Å². The van der Waals surface area contributed by atoms with Crippen LogP contribution in [0.3, 0.4) is 0 Å². The molecule has 39 heavy (non-hydrogen) atoms. The third-order valence-corrected chi connectivity index (χ3v) is 7.99. The molecule has 0 spiro atoms. The average Bonchev–Trinajstić information content (AvgIpc) is 2.81. The second kappa shape index (κ2) is 10.1. The molecule has 0 unspecified atom stereocenters. The van der Waals surface area contributed by atoms with Gasteiger partial charge in [-0.3, -0.25) is 9.59 Å². The van der Waals surface area contributed by atoms with Crippen molar-refractivity contribution in [3.63, 3.8) is 0 Å². The van der Waals surface area contributed by atoms with Crippen LogP contribution >= 0.6 is 11.6 Å². The van der Waals surface area contributed by atoms with Crippen molar-refractivity contribution >= 4 is 23.2 Å². The van der Waals surface area contributed by atoms with Crippen molar-refractivity contribution in [3.05, 3.63) is 80.9 Å². The Bertz CT molecular complexity index is 1370. The largest absolute Gasteiger partial charge is 0.490 e. The number of carbonyl (C=O) groups is 2. The zero-order valence-electron chi connectivity index (χ0n) is 23.2. The Balaban J connectivity index is 1.62. The molecule has 5 rings (SSSR count). The lowest BCUT2D eigenvalue weighted by atomic mass is 9.64. The summed E-state index contributed by atoms with van der Waals surface area (Å²) in [7, 11) is 0. The second-order valence-corrected chi connectivity index (χ2v) is 12.8. The minimum absolute atomic E-state index is 0.0229. The molecule has 0 saturated heterocycles. The summed E-state index contributed by atoms with van der Waals surface area (Å²) in [5, 5.41) is 3.81. The predicted molar refractivity (Wildman–Crippen MR) is 149 cm³/mol. The molecular weight excluding hydrogens is 517 g/mol. The molecule has 7 heteroatoms. The van der Waals surface area contributed by atoms with Crippen LogP contribution in [0.5, 0.6) is 11.5 Å². The van der Waals surface area contributed by atoms with Gasteiger partial charge < -0.3 is 14.8 Å². The molecule has 0 bridgehead atoms. The molecule has 3 aliphatic rings. The molecule has 0 fully saturated rings. The van der Waals surface area contributed by atoms with E-state index in [0.717, 1.165) is 11.4 Å². The Labute approximate surface area is 234 Å². The van der Waals surface area contributed by atoms with E-state index in [2.05, 4.69) is 33.0 Å². The molecule has 1 N–H and O–H groups in total. The van der Waals surface area contributed by atoms with Crippen molar-refractivity contribution in [1.29, 1.82) is 0 Å². The van der Waals surface area contributed by atoms with Crippen molar-refractivity contribution in [3.8, 4) is 11.5 Å². The van der Waals surface area contributed by atoms with E-state index < -0.39 is 5.92 Å². The van der Waals surface area contributed by atoms with Gasteiger partial charge in [-0.1, -0.05) is 57.5 Å². The molecule has 0 atom stereocenters. The molecule has 0 aromatic heterocycles. The van der Waals surface area contributed by atoms with Crippen LogP contribution < -0.4 is 14.8 Å². The number of rotatable bonds is 6. The van der Waals surface area contributed by atoms with E-state index in [1.54, 1.807) is 24.3 Å². The second-order valence-electron chi connectivity index (χ2n) is 12.4. The fourth-order valence-corrected chi connectivity index (χ4v) is 6.42. The molecule has 2 aromatic carbocycles. The highest BCUT2D eigenvalue weighted by atomic mass is 35.5. The number of carbonyl (C=O) groups excluding carboxylic acids is 2. The van der Waals surface area contributed by atoms with Crippen molar-refractivity contribution in [2.24, 2.45) is 10.8 Å². The maximum atomic E-state index is 14.2. The Morgan fingerprint density at radius 1 is 0.923 bits per heavy atom. The normalized spacial score (nSPS) is 20.4. The van der Waals surface area contributed by atoms with Gasteiger partial charge in [-0.25, -0.2) is 4.39 Å². The summed E-state index contributed by atoms with van der Waals surface area (Å²) in [6.07, 6.45) is 2.24. The van der Waals surface area contributed by atoms with Crippen LogP contribution in [-0.2, 0) is 16.2 Å². The van der Waals surface area contributed by atoms with Gasteiger partial charge in [0.15, 0.2) is 23.1 Å². The van der Waals surface area contributed by atoms with Crippen LogP contribution in [0.1, 0.15) is 77.3 Å². The van der Waals surface area contributed by atoms with Crippen molar-refractivity contribution in [2.45, 2.75) is 72.8 Å². The fraction of sp³-hybridized carbons (Fsp3) is 0.438. The quantitative estimate of drug-likeness (QED) is 0.404. The highest BCUT2D eigenvalue weighted by Gasteiger charge is 2.46. The van der Waals surface area contributed by atoms with Crippen molar-refractivity contribution < 1.29 is 23.5 Å². The first-order valence-corrected chi connectivity index (χ1v) is 13.9. The lowest BCUT2D eigenvalue weighted by Crippen LogP contribution is -2.42. The molecule has 1 heterocycles. The smallest absolute Gasteiger partial charge is 0.180 e. The van der Waals surface area contributed by atoms with Gasteiger partial charge in [0.05, 0.1) is 11.6 Å². The number of ketones is 2. The summed E-state index contributed by atoms with van der Waals surface area (Å²) in [5.74, 6) is -0.134. The Hall–Kier alpha value is -3.12. The number of hydrogen-bond donors (Lipinski definition) is 1. The summed E-state index contributed by atoms with van der Waals surface area (Å²) in [6, 6.07) is 9.98. The summed E-state index contributed by atoms with van der Waals surface area (Å²) in [6.45, 7) is 10.6. The Kier molecular flexibility index (Phi) is 7.13. The maximum Gasteiger partial charge on any atom is 0.180 e. The van der Waals surface area contributed by atoms with E-state index in [9.17, 15) is 14.0 Å². The van der Waals surface area contributed by atoms with E-state index in [0.29, 0.717) is 66.1 Å². The third-order valence-electron chi connectivity index (χ3n) is 7.71. The minimum atomic E-state index is -0.541. The number of halogens is 2. The lowest BCUT2D eigenvalue weighted by molar-refractivity contribution is -0.119. The predicted octanol–water partition coefficient (Wildman–Crippen LogP) is 7.43. The van der Waals surface area contributed by atoms with E-state index >= 15 is 0 Å². The summed E-state index contributed by atoms with van der Waals surface area (Å²) in [4.78, 5) is 27.3. The summed E-state index contributed by atoms with van der Waals surface area (Å²) < 4.78 is 26.1. The number of Topliss-reactive ketones (excluding diaryl/α,β-unsaturated/α-hetero) is 2. The highest BCUT2D eigenvalue weighted by molar-refractivity contribution is 6.32. The lowest BCUT2D eigenvalue weighted by Gasteiger charge is -2.44. The van der Waals surface area contributed by atoms with E-state index in [-0.39, 0.29) is 39.8 Å². The van der Waals surface area contributed by atoms with Crippen LogP contribution in [0.2, 0.25) is 5.02 Å². The number of benzene rings is 2. The fourth-order valence-electron chi connectivity index (χ4n) is 6.15. The molecule has 0 saturated carbocycles. The number of dihydropyridines is 1. The first kappa shape index (κ1) is 27.4. The standard InChI is InChI=1S/C32H35ClFNO4/c1-6-38-26-12-19(11-20(33)30(26)39-17-18-9-7-8-10-21(18)34)27-28-22(13-31(2,3)15-24(28)36)35-23-14-32(4,5)16-25(37)29(23)27/h7-12,27,35H,6,13-17H2,1-5H3. The van der Waals surface area contributed by atoms with Gasteiger partial charge in [0.2, 0.25) is 0 Å². The molecule has 1 aliphatic heterocycles. The molecule has 0 amide bonds. The third kappa shape index (κ3) is 5.36. The van der Waals surface area contributed by atoms with E-state index in [4.69, 9.17) is 21.1 Å². The minimum Gasteiger partial charge on any atom is -0.490 e. The van der Waals surface area contributed by atoms with Gasteiger partial charge in [-0.05, 0) is 54.4 Å². The van der Waals surface area contributed by atoms with Gasteiger partial charge >= 0.3 is 0 Å². The van der Waals surface area contributed by atoms with Gasteiger partial charge in [-0.15, -0.1) is 0 Å². The molecular formula is C32H35ClFNO4. The average molecular weight is 552 g/mol. The number of nitrogens with one attached hydrogen (secondary N) is 1. The van der Waals surface area contributed by atoms with E-state index in [1.165, 1.54) is 6.07 Å². The monoisotopic (exact) mass is 551 g/mol. The molecule has 5 nitrogen and oxygen atoms in total. The van der Waals surface area contributed by atoms with Gasteiger partial charge in [0.25, 0.3) is 0 Å². The van der Waals surface area contributed by atoms with Crippen molar-refractivity contribution in [1.82, 2.24) is 5.32 Å². The topological polar surface area (TPSA) is 64.6 Å². The SMILES string of the molecule is CCOc1cc(C2C3=C(CC(C)(C)CC3=O)NC3=C2C(=O)CC(C)(C)C3)cc(Cl)c1OCc1ccccc1F.